The summed E-state index contributed by atoms with van der Waals surface area (Å²) in [5.74, 6) is 0.492. The minimum absolute atomic E-state index is 0.0654. The highest BCUT2D eigenvalue weighted by Crippen LogP contribution is 2.45. The Bertz CT molecular complexity index is 1040. The van der Waals surface area contributed by atoms with Gasteiger partial charge in [0, 0.05) is 31.8 Å². The van der Waals surface area contributed by atoms with Gasteiger partial charge in [-0.05, 0) is 60.9 Å². The molecule has 0 aliphatic carbocycles. The average molecular weight is 442 g/mol. The van der Waals surface area contributed by atoms with E-state index in [1.165, 1.54) is 11.0 Å². The molecule has 2 aromatic rings. The van der Waals surface area contributed by atoms with Crippen molar-refractivity contribution < 1.29 is 13.9 Å². The van der Waals surface area contributed by atoms with Gasteiger partial charge in [-0.3, -0.25) is 9.69 Å². The van der Waals surface area contributed by atoms with Gasteiger partial charge in [-0.25, -0.2) is 4.39 Å². The Morgan fingerprint density at radius 2 is 2.06 bits per heavy atom. The number of carbonyl (C=O) groups excluding carboxylic acids is 1. The predicted molar refractivity (Wildman–Crippen MR) is 111 cm³/mol. The first kappa shape index (κ1) is 21.1. The molecule has 32 heavy (non-hydrogen) atoms. The highest BCUT2D eigenvalue weighted by Gasteiger charge is 2.55. The summed E-state index contributed by atoms with van der Waals surface area (Å²) in [5.41, 5.74) is 2.96. The number of aryl methyl sites for hydroxylation is 1. The maximum absolute atomic E-state index is 15.4. The van der Waals surface area contributed by atoms with Gasteiger partial charge in [0.05, 0.1) is 24.3 Å². The Balaban J connectivity index is 1.20. The van der Waals surface area contributed by atoms with Gasteiger partial charge in [-0.15, -0.1) is 10.2 Å². The monoisotopic (exact) mass is 442 g/mol. The summed E-state index contributed by atoms with van der Waals surface area (Å²) in [6, 6.07) is 1.89. The summed E-state index contributed by atoms with van der Waals surface area (Å²) in [6.07, 6.45) is 2.07. The molecular formula is C21H27FN8O2. The second-order valence-electron chi connectivity index (χ2n) is 8.94. The van der Waals surface area contributed by atoms with Crippen molar-refractivity contribution in [3.8, 4) is 5.82 Å². The van der Waals surface area contributed by atoms with Crippen LogP contribution in [0.3, 0.4) is 0 Å². The number of tetrazole rings is 1. The molecular weight excluding hydrogens is 415 g/mol. The van der Waals surface area contributed by atoms with Crippen LogP contribution in [0.25, 0.3) is 5.82 Å². The third-order valence-electron chi connectivity index (χ3n) is 7.04. The topological polar surface area (TPSA) is 102 Å². The molecule has 2 atom stereocenters. The van der Waals surface area contributed by atoms with Crippen molar-refractivity contribution in [3.05, 3.63) is 34.9 Å². The van der Waals surface area contributed by atoms with Crippen molar-refractivity contribution in [2.24, 2.45) is 5.41 Å². The van der Waals surface area contributed by atoms with Crippen LogP contribution in [0.15, 0.2) is 23.7 Å². The molecule has 3 aliphatic heterocycles. The van der Waals surface area contributed by atoms with Crippen LogP contribution in [0.2, 0.25) is 0 Å². The molecule has 11 heteroatoms. The number of halogens is 1. The van der Waals surface area contributed by atoms with Crippen LogP contribution in [-0.4, -0.2) is 91.7 Å². The smallest absolute Gasteiger partial charge is 0.236 e. The lowest BCUT2D eigenvalue weighted by molar-refractivity contribution is -0.141. The van der Waals surface area contributed by atoms with E-state index >= 15 is 4.39 Å². The van der Waals surface area contributed by atoms with Gasteiger partial charge < -0.3 is 9.64 Å². The van der Waals surface area contributed by atoms with Gasteiger partial charge in [0.1, 0.15) is 12.5 Å². The highest BCUT2D eigenvalue weighted by molar-refractivity contribution is 5.87. The van der Waals surface area contributed by atoms with E-state index in [1.54, 1.807) is 4.90 Å². The molecule has 2 fully saturated rings. The molecule has 0 radical (unpaired) electrons. The average Bonchev–Trinajstić information content (AvgIpc) is 3.52. The zero-order valence-corrected chi connectivity index (χ0v) is 18.4. The van der Waals surface area contributed by atoms with E-state index in [9.17, 15) is 4.79 Å². The first-order valence-electron chi connectivity index (χ1n) is 11.0. The Labute approximate surface area is 185 Å². The van der Waals surface area contributed by atoms with E-state index < -0.39 is 11.6 Å². The normalized spacial score (nSPS) is 26.7. The molecule has 2 saturated heterocycles. The fourth-order valence-electron chi connectivity index (χ4n) is 4.98. The molecule has 0 N–H and O–H groups in total. The number of ether oxygens (including phenoxy) is 1. The number of rotatable bonds is 5. The number of hydrogen-bond donors (Lipinski definition) is 0. The Morgan fingerprint density at radius 1 is 1.22 bits per heavy atom. The molecule has 0 saturated carbocycles. The summed E-state index contributed by atoms with van der Waals surface area (Å²) >= 11 is 0. The van der Waals surface area contributed by atoms with Gasteiger partial charge in [0.2, 0.25) is 5.91 Å². The number of alkyl halides is 1. The number of hydrogen-bond acceptors (Lipinski definition) is 8. The molecule has 1 spiro atoms. The lowest BCUT2D eigenvalue weighted by atomic mass is 9.75. The van der Waals surface area contributed by atoms with Crippen molar-refractivity contribution >= 4 is 5.91 Å². The van der Waals surface area contributed by atoms with Crippen LogP contribution in [-0.2, 0) is 16.0 Å². The molecule has 10 nitrogen and oxygen atoms in total. The zero-order valence-electron chi connectivity index (χ0n) is 18.4. The first-order chi connectivity index (χ1) is 15.5. The third-order valence-corrected chi connectivity index (χ3v) is 7.04. The molecule has 3 aliphatic rings. The molecule has 2 unspecified atom stereocenters. The van der Waals surface area contributed by atoms with Gasteiger partial charge in [0.25, 0.3) is 0 Å². The van der Waals surface area contributed by atoms with Crippen LogP contribution in [0.1, 0.15) is 31.0 Å². The second-order valence-corrected chi connectivity index (χ2v) is 8.94. The largest absolute Gasteiger partial charge is 0.371 e. The van der Waals surface area contributed by atoms with Crippen LogP contribution >= 0.6 is 0 Å². The fourth-order valence-corrected chi connectivity index (χ4v) is 4.98. The number of piperidine rings is 1. The summed E-state index contributed by atoms with van der Waals surface area (Å²) in [6.45, 7) is 7.17. The summed E-state index contributed by atoms with van der Waals surface area (Å²) < 4.78 is 22.4. The van der Waals surface area contributed by atoms with Crippen molar-refractivity contribution in [1.29, 1.82) is 0 Å². The van der Waals surface area contributed by atoms with Crippen LogP contribution < -0.4 is 0 Å². The maximum Gasteiger partial charge on any atom is 0.236 e. The van der Waals surface area contributed by atoms with E-state index in [2.05, 4.69) is 30.6 Å². The van der Waals surface area contributed by atoms with Gasteiger partial charge in [-0.1, -0.05) is 0 Å². The minimum atomic E-state index is -1.17. The zero-order chi connectivity index (χ0) is 22.3. The molecule has 0 bridgehead atoms. The number of amides is 1. The lowest BCUT2D eigenvalue weighted by Gasteiger charge is -2.40. The van der Waals surface area contributed by atoms with Crippen molar-refractivity contribution in [1.82, 2.24) is 40.2 Å². The fraction of sp³-hybridized carbons (Fsp3) is 0.619. The second kappa shape index (κ2) is 8.28. The minimum Gasteiger partial charge on any atom is -0.371 e. The molecule has 5 heterocycles. The van der Waals surface area contributed by atoms with Crippen molar-refractivity contribution in [3.63, 3.8) is 0 Å². The van der Waals surface area contributed by atoms with Gasteiger partial charge >= 0.3 is 0 Å². The summed E-state index contributed by atoms with van der Waals surface area (Å²) in [7, 11) is 0. The van der Waals surface area contributed by atoms with Crippen LogP contribution in [0, 0.1) is 12.3 Å². The van der Waals surface area contributed by atoms with E-state index in [0.717, 1.165) is 22.5 Å². The molecule has 170 valence electrons. The Hall–Kier alpha value is -2.79. The standard InChI is InChI=1S/C21H27FN8O2/c1-14-9-19(30-13-23-26-27-30)25-24-16(14)3-6-28-7-4-21(18(22)10-28)5-8-29(20(21)31)17-12-32-11-15(17)2/h9,13,18H,3-8,10-12H2,1-2H3. The van der Waals surface area contributed by atoms with E-state index in [-0.39, 0.29) is 12.5 Å². The van der Waals surface area contributed by atoms with Crippen molar-refractivity contribution in [2.75, 3.05) is 39.4 Å². The molecule has 5 rings (SSSR count). The third kappa shape index (κ3) is 3.58. The molecule has 2 aromatic heterocycles. The number of nitrogens with zero attached hydrogens (tertiary/aromatic N) is 8. The van der Waals surface area contributed by atoms with E-state index in [0.29, 0.717) is 57.9 Å². The predicted octanol–water partition coefficient (Wildman–Crippen LogP) is 0.870. The van der Waals surface area contributed by atoms with E-state index in [4.69, 9.17) is 4.74 Å². The first-order valence-corrected chi connectivity index (χ1v) is 11.0. The van der Waals surface area contributed by atoms with Crippen LogP contribution in [0.4, 0.5) is 4.39 Å². The Kier molecular flexibility index (Phi) is 5.46. The quantitative estimate of drug-likeness (QED) is 0.672. The lowest BCUT2D eigenvalue weighted by Crippen LogP contribution is -2.53. The molecule has 1 amide bonds. The summed E-state index contributed by atoms with van der Waals surface area (Å²) in [4.78, 5) is 17.1. The number of likely N-dealkylation sites (tertiary alicyclic amines) is 2. The Morgan fingerprint density at radius 3 is 2.75 bits per heavy atom. The number of carbonyl (C=O) groups is 1. The van der Waals surface area contributed by atoms with E-state index in [1.807, 2.05) is 19.9 Å². The highest BCUT2D eigenvalue weighted by atomic mass is 19.1. The van der Waals surface area contributed by atoms with Gasteiger partial charge in [0.15, 0.2) is 5.82 Å². The maximum atomic E-state index is 15.4. The molecule has 0 aromatic carbocycles. The van der Waals surface area contributed by atoms with Crippen LogP contribution in [0.5, 0.6) is 0 Å². The number of aromatic nitrogens is 6. The SMILES string of the molecule is CC1=C(N2CCC3(CCN(CCc4nnc(-n5cnnn5)cc4C)CC3F)C2=O)COC1. The summed E-state index contributed by atoms with van der Waals surface area (Å²) in [5, 5.41) is 19.6. The van der Waals surface area contributed by atoms with Gasteiger partial charge in [-0.2, -0.15) is 9.78 Å². The van der Waals surface area contributed by atoms with Crippen molar-refractivity contribution in [2.45, 2.75) is 39.3 Å².